The largest absolute Gasteiger partial charge is 0.493 e. The Bertz CT molecular complexity index is 1190. The van der Waals surface area contributed by atoms with Crippen molar-refractivity contribution < 1.29 is 27.5 Å². The maximum Gasteiger partial charge on any atom is 0.303 e. The smallest absolute Gasteiger partial charge is 0.303 e. The molecule has 0 aliphatic carbocycles. The zero-order valence-electron chi connectivity index (χ0n) is 18.7. The molecule has 3 rings (SSSR count). The number of hydrogen-bond donors (Lipinski definition) is 2. The van der Waals surface area contributed by atoms with Gasteiger partial charge in [0.05, 0.1) is 18.1 Å². The van der Waals surface area contributed by atoms with Crippen molar-refractivity contribution in [1.82, 2.24) is 9.71 Å². The Labute approximate surface area is 193 Å². The molecule has 9 heteroatoms. The van der Waals surface area contributed by atoms with Gasteiger partial charge in [0.15, 0.2) is 0 Å². The molecule has 0 saturated carbocycles. The van der Waals surface area contributed by atoms with Gasteiger partial charge in [-0.15, -0.1) is 0 Å². The molecule has 1 heterocycles. The Balaban J connectivity index is 1.67. The van der Waals surface area contributed by atoms with Gasteiger partial charge in [0.1, 0.15) is 11.5 Å². The summed E-state index contributed by atoms with van der Waals surface area (Å²) in [7, 11) is -3.38. The fourth-order valence-corrected chi connectivity index (χ4v) is 3.84. The van der Waals surface area contributed by atoms with Gasteiger partial charge < -0.3 is 14.3 Å². The number of carbonyl (C=O) groups is 1. The summed E-state index contributed by atoms with van der Waals surface area (Å²) in [5, 5.41) is 8.99. The number of benzene rings is 2. The first-order valence-corrected chi connectivity index (χ1v) is 12.4. The maximum atomic E-state index is 11.8. The lowest BCUT2D eigenvalue weighted by atomic mass is 10.0. The number of ether oxygens (including phenoxy) is 1. The number of aliphatic carboxylic acids is 1. The summed E-state index contributed by atoms with van der Waals surface area (Å²) < 4.78 is 37.9. The fraction of sp³-hybridized carbons (Fsp3) is 0.333. The van der Waals surface area contributed by atoms with Crippen molar-refractivity contribution in [2.45, 2.75) is 39.7 Å². The minimum atomic E-state index is -3.38. The summed E-state index contributed by atoms with van der Waals surface area (Å²) in [4.78, 5) is 15.5. The summed E-state index contributed by atoms with van der Waals surface area (Å²) in [5.41, 5.74) is 3.17. The van der Waals surface area contributed by atoms with Crippen LogP contribution in [0.15, 0.2) is 52.9 Å². The zero-order valence-corrected chi connectivity index (χ0v) is 19.5. The van der Waals surface area contributed by atoms with E-state index in [1.165, 1.54) is 0 Å². The van der Waals surface area contributed by atoms with Crippen LogP contribution in [0.3, 0.4) is 0 Å². The molecule has 0 bridgehead atoms. The summed E-state index contributed by atoms with van der Waals surface area (Å²) >= 11 is 0. The van der Waals surface area contributed by atoms with Crippen LogP contribution in [0.5, 0.6) is 5.75 Å². The highest BCUT2D eigenvalue weighted by Crippen LogP contribution is 2.23. The van der Waals surface area contributed by atoms with Gasteiger partial charge >= 0.3 is 5.97 Å². The maximum absolute atomic E-state index is 11.8. The summed E-state index contributed by atoms with van der Waals surface area (Å²) in [6.45, 7) is 3.85. The van der Waals surface area contributed by atoms with Crippen molar-refractivity contribution in [1.29, 1.82) is 0 Å². The van der Waals surface area contributed by atoms with E-state index in [1.807, 2.05) is 37.3 Å². The van der Waals surface area contributed by atoms with E-state index in [-0.39, 0.29) is 18.7 Å². The van der Waals surface area contributed by atoms with E-state index >= 15 is 0 Å². The number of rotatable bonds is 12. The number of nitrogens with zero attached hydrogens (tertiary/aromatic N) is 1. The number of aromatic nitrogens is 1. The van der Waals surface area contributed by atoms with Gasteiger partial charge in [0.2, 0.25) is 15.9 Å². The fourth-order valence-electron chi connectivity index (χ4n) is 3.26. The number of sulfonamides is 1. The van der Waals surface area contributed by atoms with Crippen LogP contribution >= 0.6 is 0 Å². The first-order chi connectivity index (χ1) is 15.8. The molecule has 176 valence electrons. The molecule has 0 unspecified atom stereocenters. The number of aryl methyl sites for hydroxylation is 2. The van der Waals surface area contributed by atoms with Gasteiger partial charge in [0.25, 0.3) is 0 Å². The van der Waals surface area contributed by atoms with E-state index in [9.17, 15) is 13.2 Å². The molecule has 1 aromatic heterocycles. The van der Waals surface area contributed by atoms with Gasteiger partial charge in [-0.2, -0.15) is 0 Å². The van der Waals surface area contributed by atoms with Crippen molar-refractivity contribution in [2.24, 2.45) is 0 Å². The van der Waals surface area contributed by atoms with E-state index in [2.05, 4.69) is 9.71 Å². The monoisotopic (exact) mass is 472 g/mol. The van der Waals surface area contributed by atoms with Gasteiger partial charge in [-0.3, -0.25) is 4.79 Å². The molecule has 0 aliphatic heterocycles. The highest BCUT2D eigenvalue weighted by molar-refractivity contribution is 7.89. The topological polar surface area (TPSA) is 119 Å². The SMILES string of the molecule is CCS(=O)(=O)NCc1cc(OCCc2nc(-c3ccccc3)oc2C)ccc1CCC(=O)O. The molecule has 33 heavy (non-hydrogen) atoms. The summed E-state index contributed by atoms with van der Waals surface area (Å²) in [5.74, 6) is 0.931. The predicted octanol–water partition coefficient (Wildman–Crippen LogP) is 3.73. The molecule has 0 aliphatic rings. The molecule has 0 saturated heterocycles. The lowest BCUT2D eigenvalue weighted by Gasteiger charge is -2.13. The molecule has 0 spiro atoms. The third-order valence-electron chi connectivity index (χ3n) is 5.17. The molecule has 3 aromatic rings. The van der Waals surface area contributed by atoms with Crippen molar-refractivity contribution in [3.63, 3.8) is 0 Å². The first kappa shape index (κ1) is 24.5. The Morgan fingerprint density at radius 3 is 2.58 bits per heavy atom. The molecule has 0 fully saturated rings. The summed E-state index contributed by atoms with van der Waals surface area (Å²) in [6.07, 6.45) is 0.808. The van der Waals surface area contributed by atoms with E-state index in [0.717, 1.165) is 22.6 Å². The van der Waals surface area contributed by atoms with E-state index < -0.39 is 16.0 Å². The second kappa shape index (κ2) is 11.1. The van der Waals surface area contributed by atoms with Gasteiger partial charge in [-0.1, -0.05) is 24.3 Å². The van der Waals surface area contributed by atoms with Crippen LogP contribution in [-0.2, 0) is 34.2 Å². The van der Waals surface area contributed by atoms with E-state index in [0.29, 0.717) is 36.7 Å². The first-order valence-electron chi connectivity index (χ1n) is 10.7. The number of nitrogens with one attached hydrogen (secondary N) is 1. The lowest BCUT2D eigenvalue weighted by molar-refractivity contribution is -0.136. The third-order valence-corrected chi connectivity index (χ3v) is 6.51. The highest BCUT2D eigenvalue weighted by Gasteiger charge is 2.13. The van der Waals surface area contributed by atoms with E-state index in [1.54, 1.807) is 25.1 Å². The molecular formula is C24H28N2O6S. The average Bonchev–Trinajstić information content (AvgIpc) is 3.18. The second-order valence-corrected chi connectivity index (χ2v) is 9.63. The standard InChI is InChI=1S/C24H28N2O6S/c1-3-33(29,30)25-16-20-15-21(11-9-18(20)10-12-23(27)28)31-14-13-22-17(2)32-24(26-22)19-7-5-4-6-8-19/h4-9,11,15,25H,3,10,12-14,16H2,1-2H3,(H,27,28). The van der Waals surface area contributed by atoms with Crippen LogP contribution in [0.25, 0.3) is 11.5 Å². The number of carboxylic acids is 1. The normalized spacial score (nSPS) is 11.5. The van der Waals surface area contributed by atoms with Crippen LogP contribution in [0, 0.1) is 6.92 Å². The Kier molecular flexibility index (Phi) is 8.24. The molecule has 2 N–H and O–H groups in total. The third kappa shape index (κ3) is 7.16. The van der Waals surface area contributed by atoms with Crippen LogP contribution < -0.4 is 9.46 Å². The second-order valence-electron chi connectivity index (χ2n) is 7.54. The quantitative estimate of drug-likeness (QED) is 0.412. The minimum Gasteiger partial charge on any atom is -0.493 e. The van der Waals surface area contributed by atoms with Crippen LogP contribution in [-0.4, -0.2) is 36.8 Å². The number of hydrogen-bond acceptors (Lipinski definition) is 6. The van der Waals surface area contributed by atoms with Crippen LogP contribution in [0.1, 0.15) is 35.9 Å². The van der Waals surface area contributed by atoms with Gasteiger partial charge in [-0.05, 0) is 55.7 Å². The van der Waals surface area contributed by atoms with Crippen molar-refractivity contribution in [2.75, 3.05) is 12.4 Å². The molecule has 0 radical (unpaired) electrons. The Morgan fingerprint density at radius 2 is 1.88 bits per heavy atom. The van der Waals surface area contributed by atoms with Gasteiger partial charge in [0, 0.05) is 24.9 Å². The van der Waals surface area contributed by atoms with Gasteiger partial charge in [-0.25, -0.2) is 18.1 Å². The number of carboxylic acid groups (broad SMARTS) is 1. The predicted molar refractivity (Wildman–Crippen MR) is 125 cm³/mol. The molecule has 2 aromatic carbocycles. The average molecular weight is 473 g/mol. The van der Waals surface area contributed by atoms with Crippen molar-refractivity contribution in [3.8, 4) is 17.2 Å². The van der Waals surface area contributed by atoms with Crippen molar-refractivity contribution in [3.05, 3.63) is 71.1 Å². The molecular weight excluding hydrogens is 444 g/mol. The minimum absolute atomic E-state index is 0.0321. The van der Waals surface area contributed by atoms with E-state index in [4.69, 9.17) is 14.3 Å². The van der Waals surface area contributed by atoms with Crippen LogP contribution in [0.4, 0.5) is 0 Å². The van der Waals surface area contributed by atoms with Crippen LogP contribution in [0.2, 0.25) is 0 Å². The number of oxazole rings is 1. The highest BCUT2D eigenvalue weighted by atomic mass is 32.2. The van der Waals surface area contributed by atoms with Crippen molar-refractivity contribution >= 4 is 16.0 Å². The zero-order chi connectivity index (χ0) is 23.8. The Morgan fingerprint density at radius 1 is 1.12 bits per heavy atom. The molecule has 8 nitrogen and oxygen atoms in total. The molecule has 0 atom stereocenters. The summed E-state index contributed by atoms with van der Waals surface area (Å²) in [6, 6.07) is 15.0. The molecule has 0 amide bonds. The lowest BCUT2D eigenvalue weighted by Crippen LogP contribution is -2.25. The Hall–Kier alpha value is -3.17.